The monoisotopic (exact) mass is 226 g/mol. The largest absolute Gasteiger partial charge is 0.519 e. The van der Waals surface area contributed by atoms with Crippen molar-refractivity contribution in [1.82, 2.24) is 0 Å². The number of carbonyl (C=O) groups excluding carboxylic acids is 1. The zero-order valence-corrected chi connectivity index (χ0v) is 8.64. The lowest BCUT2D eigenvalue weighted by atomic mass is 10.6. The highest BCUT2D eigenvalue weighted by molar-refractivity contribution is 7.08. The van der Waals surface area contributed by atoms with Crippen LogP contribution >= 0.6 is 22.7 Å². The van der Waals surface area contributed by atoms with Gasteiger partial charge in [0.25, 0.3) is 0 Å². The second-order valence-corrected chi connectivity index (χ2v) is 3.93. The molecule has 0 aliphatic heterocycles. The summed E-state index contributed by atoms with van der Waals surface area (Å²) >= 11 is 2.92. The lowest BCUT2D eigenvalue weighted by molar-refractivity contribution is 0.152. The van der Waals surface area contributed by atoms with Crippen molar-refractivity contribution in [1.29, 1.82) is 0 Å². The molecular weight excluding hydrogens is 220 g/mol. The van der Waals surface area contributed by atoms with Gasteiger partial charge in [0.15, 0.2) is 0 Å². The summed E-state index contributed by atoms with van der Waals surface area (Å²) in [5.41, 5.74) is 0. The molecule has 0 radical (unpaired) electrons. The van der Waals surface area contributed by atoms with Crippen LogP contribution in [0.5, 0.6) is 11.5 Å². The average molecular weight is 226 g/mol. The van der Waals surface area contributed by atoms with E-state index in [9.17, 15) is 4.79 Å². The number of ether oxygens (including phenoxy) is 2. The second kappa shape index (κ2) is 4.26. The van der Waals surface area contributed by atoms with Crippen LogP contribution in [0.4, 0.5) is 4.79 Å². The van der Waals surface area contributed by atoms with Crippen LogP contribution in [0.3, 0.4) is 0 Å². The van der Waals surface area contributed by atoms with E-state index in [1.165, 1.54) is 22.7 Å². The van der Waals surface area contributed by atoms with Gasteiger partial charge in [0.2, 0.25) is 0 Å². The van der Waals surface area contributed by atoms with Crippen molar-refractivity contribution in [3.63, 3.8) is 0 Å². The highest BCUT2D eigenvalue weighted by Gasteiger charge is 2.07. The molecule has 2 heterocycles. The van der Waals surface area contributed by atoms with Gasteiger partial charge in [-0.2, -0.15) is 0 Å². The summed E-state index contributed by atoms with van der Waals surface area (Å²) in [6.07, 6.45) is -0.707. The van der Waals surface area contributed by atoms with Crippen LogP contribution in [0, 0.1) is 0 Å². The van der Waals surface area contributed by atoms with Crippen molar-refractivity contribution >= 4 is 28.8 Å². The minimum Gasteiger partial charge on any atom is -0.394 e. The molecule has 72 valence electrons. The maximum atomic E-state index is 11.1. The summed E-state index contributed by atoms with van der Waals surface area (Å²) < 4.78 is 9.76. The van der Waals surface area contributed by atoms with E-state index < -0.39 is 6.16 Å². The lowest BCUT2D eigenvalue weighted by Gasteiger charge is -2.00. The van der Waals surface area contributed by atoms with Gasteiger partial charge in [-0.1, -0.05) is 0 Å². The summed E-state index contributed by atoms with van der Waals surface area (Å²) in [6, 6.07) is 3.42. The molecule has 2 aromatic rings. The Hall–Kier alpha value is -1.33. The molecule has 0 saturated carbocycles. The van der Waals surface area contributed by atoms with Crippen molar-refractivity contribution in [3.8, 4) is 11.5 Å². The minimum atomic E-state index is -0.707. The molecule has 2 rings (SSSR count). The molecule has 2 aromatic heterocycles. The van der Waals surface area contributed by atoms with Crippen molar-refractivity contribution in [3.05, 3.63) is 33.7 Å². The molecule has 0 aromatic carbocycles. The molecule has 3 nitrogen and oxygen atoms in total. The van der Waals surface area contributed by atoms with Gasteiger partial charge < -0.3 is 9.47 Å². The fraction of sp³-hybridized carbons (Fsp3) is 0. The molecular formula is C9H6O3S2. The molecule has 0 saturated heterocycles. The Morgan fingerprint density at radius 2 is 1.50 bits per heavy atom. The molecule has 0 amide bonds. The lowest BCUT2D eigenvalue weighted by Crippen LogP contribution is -2.12. The minimum absolute atomic E-state index is 0.509. The van der Waals surface area contributed by atoms with E-state index >= 15 is 0 Å². The molecule has 0 fully saturated rings. The third kappa shape index (κ3) is 2.34. The van der Waals surface area contributed by atoms with Crippen LogP contribution in [0.15, 0.2) is 33.7 Å². The van der Waals surface area contributed by atoms with E-state index in [1.54, 1.807) is 22.9 Å². The molecule has 0 unspecified atom stereocenters. The third-order valence-electron chi connectivity index (χ3n) is 1.39. The van der Waals surface area contributed by atoms with Crippen molar-refractivity contribution in [2.24, 2.45) is 0 Å². The van der Waals surface area contributed by atoms with Crippen molar-refractivity contribution < 1.29 is 14.3 Å². The van der Waals surface area contributed by atoms with E-state index in [2.05, 4.69) is 0 Å². The van der Waals surface area contributed by atoms with Gasteiger partial charge in [-0.25, -0.2) is 4.79 Å². The summed E-state index contributed by atoms with van der Waals surface area (Å²) in [5, 5.41) is 7.12. The molecule has 0 aliphatic rings. The van der Waals surface area contributed by atoms with Crippen LogP contribution < -0.4 is 9.47 Å². The van der Waals surface area contributed by atoms with Crippen LogP contribution in [0.25, 0.3) is 0 Å². The fourth-order valence-electron chi connectivity index (χ4n) is 0.833. The highest BCUT2D eigenvalue weighted by Crippen LogP contribution is 2.18. The van der Waals surface area contributed by atoms with Crippen molar-refractivity contribution in [2.45, 2.75) is 0 Å². The molecule has 0 N–H and O–H groups in total. The molecule has 5 heteroatoms. The van der Waals surface area contributed by atoms with Gasteiger partial charge in [0.1, 0.15) is 11.5 Å². The van der Waals surface area contributed by atoms with Crippen LogP contribution in [0.1, 0.15) is 0 Å². The van der Waals surface area contributed by atoms with Gasteiger partial charge >= 0.3 is 6.16 Å². The maximum Gasteiger partial charge on any atom is 0.519 e. The van der Waals surface area contributed by atoms with Gasteiger partial charge in [0.05, 0.1) is 0 Å². The fourth-order valence-corrected chi connectivity index (χ4v) is 1.94. The van der Waals surface area contributed by atoms with Crippen LogP contribution in [-0.2, 0) is 0 Å². The van der Waals surface area contributed by atoms with Gasteiger partial charge in [-0.05, 0) is 22.9 Å². The summed E-state index contributed by atoms with van der Waals surface area (Å²) in [5.74, 6) is 1.02. The number of rotatable bonds is 2. The SMILES string of the molecule is O=C(Oc1ccsc1)Oc1ccsc1. The zero-order valence-electron chi connectivity index (χ0n) is 7.01. The summed E-state index contributed by atoms with van der Waals surface area (Å²) in [4.78, 5) is 11.1. The summed E-state index contributed by atoms with van der Waals surface area (Å²) in [7, 11) is 0. The predicted octanol–water partition coefficient (Wildman–Crippen LogP) is 3.39. The van der Waals surface area contributed by atoms with Crippen LogP contribution in [0.2, 0.25) is 0 Å². The molecule has 0 spiro atoms. The quantitative estimate of drug-likeness (QED) is 0.736. The van der Waals surface area contributed by atoms with Gasteiger partial charge in [-0.3, -0.25) is 0 Å². The van der Waals surface area contributed by atoms with Gasteiger partial charge in [-0.15, -0.1) is 22.7 Å². The van der Waals surface area contributed by atoms with E-state index in [4.69, 9.17) is 9.47 Å². The Labute approximate surface area is 88.5 Å². The average Bonchev–Trinajstić information content (AvgIpc) is 2.76. The van der Waals surface area contributed by atoms with Gasteiger partial charge in [0, 0.05) is 10.8 Å². The van der Waals surface area contributed by atoms with E-state index in [1.807, 2.05) is 10.8 Å². The number of hydrogen-bond acceptors (Lipinski definition) is 5. The normalized spacial score (nSPS) is 9.71. The third-order valence-corrected chi connectivity index (χ3v) is 2.72. The highest BCUT2D eigenvalue weighted by atomic mass is 32.1. The second-order valence-electron chi connectivity index (χ2n) is 2.37. The zero-order chi connectivity index (χ0) is 9.80. The smallest absolute Gasteiger partial charge is 0.394 e. The first-order valence-electron chi connectivity index (χ1n) is 3.78. The Kier molecular flexibility index (Phi) is 2.81. The topological polar surface area (TPSA) is 35.5 Å². The Morgan fingerprint density at radius 3 is 1.86 bits per heavy atom. The Bertz CT molecular complexity index is 353. The first-order valence-corrected chi connectivity index (χ1v) is 5.67. The Balaban J connectivity index is 1.91. The number of thiophene rings is 2. The van der Waals surface area contributed by atoms with E-state index in [-0.39, 0.29) is 0 Å². The molecule has 14 heavy (non-hydrogen) atoms. The van der Waals surface area contributed by atoms with E-state index in [0.717, 1.165) is 0 Å². The molecule has 0 atom stereocenters. The standard InChI is InChI=1S/C9H6O3S2/c10-9(11-7-1-3-13-5-7)12-8-2-4-14-6-8/h1-6H. The number of carbonyl (C=O) groups is 1. The first-order chi connectivity index (χ1) is 6.84. The Morgan fingerprint density at radius 1 is 1.00 bits per heavy atom. The molecule has 0 bridgehead atoms. The molecule has 0 aliphatic carbocycles. The predicted molar refractivity (Wildman–Crippen MR) is 55.3 cm³/mol. The maximum absolute atomic E-state index is 11.1. The summed E-state index contributed by atoms with van der Waals surface area (Å²) in [6.45, 7) is 0. The number of hydrogen-bond donors (Lipinski definition) is 0. The first kappa shape index (κ1) is 9.23. The van der Waals surface area contributed by atoms with Crippen LogP contribution in [-0.4, -0.2) is 6.16 Å². The van der Waals surface area contributed by atoms with Crippen molar-refractivity contribution in [2.75, 3.05) is 0 Å². The van der Waals surface area contributed by atoms with E-state index in [0.29, 0.717) is 11.5 Å².